The highest BCUT2D eigenvalue weighted by Crippen LogP contribution is 2.35. The zero-order valence-corrected chi connectivity index (χ0v) is 21.3. The van der Waals surface area contributed by atoms with Gasteiger partial charge in [0.2, 0.25) is 12.4 Å². The lowest BCUT2D eigenvalue weighted by Crippen LogP contribution is -2.63. The molecule has 2 rings (SSSR count). The van der Waals surface area contributed by atoms with Crippen molar-refractivity contribution < 1.29 is 62.1 Å². The van der Waals surface area contributed by atoms with E-state index in [-0.39, 0.29) is 17.9 Å². The normalized spacial score (nSPS) is 22.4. The van der Waals surface area contributed by atoms with Crippen molar-refractivity contribution >= 4 is 46.6 Å². The quantitative estimate of drug-likeness (QED) is 0.132. The molecule has 1 aliphatic rings. The first-order valence-electron chi connectivity index (χ1n) is 10.8. The van der Waals surface area contributed by atoms with Gasteiger partial charge >= 0.3 is 35.0 Å². The summed E-state index contributed by atoms with van der Waals surface area (Å²) in [5, 5.41) is 11.7. The Balaban J connectivity index is 2.52. The van der Waals surface area contributed by atoms with Gasteiger partial charge in [0, 0.05) is 45.4 Å². The molecule has 1 fully saturated rings. The molecule has 0 amide bonds. The van der Waals surface area contributed by atoms with Gasteiger partial charge < -0.3 is 33.2 Å². The van der Waals surface area contributed by atoms with Gasteiger partial charge in [0.25, 0.3) is 0 Å². The summed E-state index contributed by atoms with van der Waals surface area (Å²) < 4.78 is 36.8. The van der Waals surface area contributed by atoms with Gasteiger partial charge in [-0.15, -0.1) is 0 Å². The fraction of sp³-hybridized carbons (Fsp3) is 0.500. The highest BCUT2D eigenvalue weighted by Gasteiger charge is 2.53. The van der Waals surface area contributed by atoms with Crippen molar-refractivity contribution in [2.24, 2.45) is 0 Å². The van der Waals surface area contributed by atoms with Crippen molar-refractivity contribution in [1.82, 2.24) is 0 Å². The SMILES string of the molecule is CC(=O)OC[C@H]1O[C@@H](Oc2ccc(COC(=O)Cl)cc2[N+](=O)[O-])[C@H](OC(C)=O)[C@@H](OC(C)=O)[C@H]1OC(C)=O. The predicted octanol–water partition coefficient (Wildman–Crippen LogP) is 1.93. The summed E-state index contributed by atoms with van der Waals surface area (Å²) in [5.74, 6) is -3.66. The third-order valence-corrected chi connectivity index (χ3v) is 4.87. The number of benzene rings is 1. The van der Waals surface area contributed by atoms with Crippen molar-refractivity contribution in [3.63, 3.8) is 0 Å². The van der Waals surface area contributed by atoms with Gasteiger partial charge in [-0.3, -0.25) is 29.3 Å². The predicted molar refractivity (Wildman–Crippen MR) is 122 cm³/mol. The number of nitro benzene ring substituents is 1. The fourth-order valence-electron chi connectivity index (χ4n) is 3.44. The Morgan fingerprint density at radius 1 is 0.895 bits per heavy atom. The fourth-order valence-corrected chi connectivity index (χ4v) is 3.50. The maximum Gasteiger partial charge on any atom is 0.404 e. The maximum absolute atomic E-state index is 11.9. The van der Waals surface area contributed by atoms with Crippen LogP contribution in [-0.4, -0.2) is 71.5 Å². The van der Waals surface area contributed by atoms with E-state index in [4.69, 9.17) is 40.0 Å². The first-order chi connectivity index (χ1) is 17.8. The number of carbonyl (C=O) groups excluding carboxylic acids is 5. The summed E-state index contributed by atoms with van der Waals surface area (Å²) >= 11 is 5.12. The average molecular weight is 562 g/mol. The first kappa shape index (κ1) is 30.2. The van der Waals surface area contributed by atoms with Gasteiger partial charge in [-0.1, -0.05) is 6.07 Å². The Hall–Kier alpha value is -3.98. The van der Waals surface area contributed by atoms with Gasteiger partial charge in [-0.25, -0.2) is 4.79 Å². The summed E-state index contributed by atoms with van der Waals surface area (Å²) in [5.41, 5.74) is -1.52. The zero-order chi connectivity index (χ0) is 28.6. The van der Waals surface area contributed by atoms with Gasteiger partial charge in [0.1, 0.15) is 19.3 Å². The van der Waals surface area contributed by atoms with Crippen LogP contribution in [0.15, 0.2) is 18.2 Å². The number of esters is 4. The molecule has 1 aromatic carbocycles. The molecule has 0 saturated carbocycles. The van der Waals surface area contributed by atoms with Gasteiger partial charge in [0.05, 0.1) is 4.92 Å². The van der Waals surface area contributed by atoms with E-state index in [1.807, 2.05) is 0 Å². The van der Waals surface area contributed by atoms with E-state index in [9.17, 15) is 34.1 Å². The Bertz CT molecular complexity index is 1090. The molecule has 0 spiro atoms. The van der Waals surface area contributed by atoms with Crippen LogP contribution in [0.2, 0.25) is 0 Å². The second kappa shape index (κ2) is 13.5. The monoisotopic (exact) mass is 561 g/mol. The molecule has 1 heterocycles. The van der Waals surface area contributed by atoms with Crippen LogP contribution in [0.1, 0.15) is 33.3 Å². The van der Waals surface area contributed by atoms with Crippen molar-refractivity contribution in [2.45, 2.75) is 65.0 Å². The summed E-state index contributed by atoms with van der Waals surface area (Å²) in [7, 11) is 0. The van der Waals surface area contributed by atoms with E-state index in [0.29, 0.717) is 0 Å². The average Bonchev–Trinajstić information content (AvgIpc) is 2.79. The molecule has 0 aromatic heterocycles. The van der Waals surface area contributed by atoms with E-state index in [1.165, 1.54) is 6.07 Å². The smallest absolute Gasteiger partial charge is 0.404 e. The van der Waals surface area contributed by atoms with Gasteiger partial charge in [-0.05, 0) is 11.6 Å². The number of nitro groups is 1. The molecule has 1 saturated heterocycles. The molecule has 0 N–H and O–H groups in total. The first-order valence-corrected chi connectivity index (χ1v) is 11.2. The van der Waals surface area contributed by atoms with Crippen LogP contribution in [0.4, 0.5) is 10.5 Å². The maximum atomic E-state index is 11.9. The highest BCUT2D eigenvalue weighted by molar-refractivity contribution is 6.61. The molecule has 0 unspecified atom stereocenters. The van der Waals surface area contributed by atoms with E-state index in [2.05, 4.69) is 4.74 Å². The van der Waals surface area contributed by atoms with Crippen LogP contribution in [0.25, 0.3) is 0 Å². The number of hydrogen-bond donors (Lipinski definition) is 0. The Labute approximate surface area is 220 Å². The number of rotatable bonds is 10. The lowest BCUT2D eigenvalue weighted by atomic mass is 9.98. The second-order valence-corrected chi connectivity index (χ2v) is 8.08. The number of hydrogen-bond acceptors (Lipinski definition) is 14. The lowest BCUT2D eigenvalue weighted by Gasteiger charge is -2.43. The van der Waals surface area contributed by atoms with Crippen LogP contribution in [0, 0.1) is 10.1 Å². The van der Waals surface area contributed by atoms with Crippen molar-refractivity contribution in [2.75, 3.05) is 6.61 Å². The van der Waals surface area contributed by atoms with Crippen LogP contribution >= 0.6 is 11.6 Å². The van der Waals surface area contributed by atoms with E-state index < -0.39 is 77.2 Å². The summed E-state index contributed by atoms with van der Waals surface area (Å²) in [6.45, 7) is 3.35. The largest absolute Gasteiger partial charge is 0.463 e. The van der Waals surface area contributed by atoms with Gasteiger partial charge in [-0.2, -0.15) is 0 Å². The van der Waals surface area contributed by atoms with Gasteiger partial charge in [0.15, 0.2) is 18.0 Å². The molecular formula is C22H24ClNO14. The number of nitrogens with zero attached hydrogens (tertiary/aromatic N) is 1. The third-order valence-electron chi connectivity index (χ3n) is 4.76. The minimum absolute atomic E-state index is 0.194. The zero-order valence-electron chi connectivity index (χ0n) is 20.6. The molecule has 1 aliphatic heterocycles. The minimum atomic E-state index is -1.68. The minimum Gasteiger partial charge on any atom is -0.463 e. The molecule has 0 aliphatic carbocycles. The van der Waals surface area contributed by atoms with Crippen LogP contribution in [-0.2, 0) is 54.2 Å². The van der Waals surface area contributed by atoms with E-state index >= 15 is 0 Å². The highest BCUT2D eigenvalue weighted by atomic mass is 35.5. The molecule has 15 nitrogen and oxygen atoms in total. The van der Waals surface area contributed by atoms with E-state index in [0.717, 1.165) is 39.8 Å². The second-order valence-electron chi connectivity index (χ2n) is 7.77. The Morgan fingerprint density at radius 2 is 1.47 bits per heavy atom. The lowest BCUT2D eigenvalue weighted by molar-refractivity contribution is -0.387. The molecule has 1 aromatic rings. The standard InChI is InChI=1S/C22H24ClNO14/c1-10(25)32-9-17-18(34-11(2)26)19(35-12(3)27)20(36-13(4)28)21(38-17)37-16-6-5-14(8-33-22(23)29)7-15(16)24(30)31/h5-7,17-21H,8-9H2,1-4H3/t17-,18+,19+,20-,21-/m1/s1. The molecule has 0 bridgehead atoms. The molecule has 0 radical (unpaired) electrons. The van der Waals surface area contributed by atoms with Crippen LogP contribution in [0.3, 0.4) is 0 Å². The number of halogens is 1. The molecular weight excluding hydrogens is 538 g/mol. The number of ether oxygens (including phenoxy) is 7. The third kappa shape index (κ3) is 8.85. The molecule has 38 heavy (non-hydrogen) atoms. The van der Waals surface area contributed by atoms with E-state index in [1.54, 1.807) is 0 Å². The molecule has 16 heteroatoms. The topological polar surface area (TPSA) is 193 Å². The summed E-state index contributed by atoms with van der Waals surface area (Å²) in [6.07, 6.45) is -7.54. The Kier molecular flexibility index (Phi) is 10.8. The van der Waals surface area contributed by atoms with Crippen molar-refractivity contribution in [3.8, 4) is 5.75 Å². The Morgan fingerprint density at radius 3 is 2.00 bits per heavy atom. The molecule has 5 atom stereocenters. The summed E-state index contributed by atoms with van der Waals surface area (Å²) in [4.78, 5) is 68.8. The van der Waals surface area contributed by atoms with Crippen molar-refractivity contribution in [1.29, 1.82) is 0 Å². The van der Waals surface area contributed by atoms with Crippen LogP contribution in [0.5, 0.6) is 5.75 Å². The number of carbonyl (C=O) groups is 5. The molecule has 208 valence electrons. The summed E-state index contributed by atoms with van der Waals surface area (Å²) in [6, 6.07) is 3.53. The van der Waals surface area contributed by atoms with Crippen molar-refractivity contribution in [3.05, 3.63) is 33.9 Å². The van der Waals surface area contributed by atoms with Crippen LogP contribution < -0.4 is 4.74 Å².